The second-order valence-corrected chi connectivity index (χ2v) is 3.37. The van der Waals surface area contributed by atoms with Gasteiger partial charge in [0.2, 0.25) is 0 Å². The lowest BCUT2D eigenvalue weighted by atomic mass is 10.1. The van der Waals surface area contributed by atoms with Crippen molar-refractivity contribution in [3.05, 3.63) is 11.3 Å². The van der Waals surface area contributed by atoms with Gasteiger partial charge in [0.1, 0.15) is 12.4 Å². The minimum Gasteiger partial charge on any atom is -0.442 e. The molecule has 0 aromatic heterocycles. The van der Waals surface area contributed by atoms with Crippen molar-refractivity contribution in [3.63, 3.8) is 0 Å². The molecule has 0 aliphatic carbocycles. The highest BCUT2D eigenvalue weighted by Gasteiger charge is 2.35. The van der Waals surface area contributed by atoms with Crippen molar-refractivity contribution in [1.29, 1.82) is 0 Å². The summed E-state index contributed by atoms with van der Waals surface area (Å²) in [6, 6.07) is 0.167. The van der Waals surface area contributed by atoms with E-state index in [0.717, 1.165) is 17.1 Å². The Hall–Kier alpha value is -1.32. The summed E-state index contributed by atoms with van der Waals surface area (Å²) in [5.74, 6) is 0.732. The fourth-order valence-electron chi connectivity index (χ4n) is 1.66. The third-order valence-electron chi connectivity index (χ3n) is 2.57. The maximum absolute atomic E-state index is 11.3. The number of amidine groups is 1. The van der Waals surface area contributed by atoms with E-state index in [1.54, 1.807) is 4.90 Å². The number of rotatable bonds is 0. The molecule has 70 valence electrons. The van der Waals surface area contributed by atoms with E-state index in [9.17, 15) is 4.79 Å². The van der Waals surface area contributed by atoms with E-state index < -0.39 is 0 Å². The van der Waals surface area contributed by atoms with Gasteiger partial charge in [-0.1, -0.05) is 0 Å². The van der Waals surface area contributed by atoms with E-state index in [4.69, 9.17) is 4.74 Å². The molecule has 2 heterocycles. The first kappa shape index (κ1) is 8.29. The number of fused-ring (bicyclic) bond motifs is 1. The molecular weight excluding hydrogens is 168 g/mol. The van der Waals surface area contributed by atoms with Gasteiger partial charge >= 0.3 is 6.09 Å². The van der Waals surface area contributed by atoms with Gasteiger partial charge in [0.15, 0.2) is 0 Å². The Morgan fingerprint density at radius 1 is 1.54 bits per heavy atom. The van der Waals surface area contributed by atoms with Gasteiger partial charge in [-0.05, 0) is 26.3 Å². The lowest BCUT2D eigenvalue weighted by Gasteiger charge is -2.24. The van der Waals surface area contributed by atoms with Gasteiger partial charge < -0.3 is 4.74 Å². The molecule has 0 spiro atoms. The number of carbonyl (C=O) groups excluding carboxylic acids is 1. The van der Waals surface area contributed by atoms with E-state index in [2.05, 4.69) is 4.99 Å². The van der Waals surface area contributed by atoms with E-state index in [0.29, 0.717) is 6.61 Å². The van der Waals surface area contributed by atoms with Crippen molar-refractivity contribution in [1.82, 2.24) is 4.90 Å². The molecular formula is C9H12N2O2. The van der Waals surface area contributed by atoms with Crippen molar-refractivity contribution in [2.24, 2.45) is 4.99 Å². The molecule has 1 saturated heterocycles. The molecule has 4 heteroatoms. The largest absolute Gasteiger partial charge is 0.442 e. The van der Waals surface area contributed by atoms with Crippen molar-refractivity contribution in [2.75, 3.05) is 6.61 Å². The Balaban J connectivity index is 2.46. The molecule has 0 unspecified atom stereocenters. The Bertz CT molecular complexity index is 331. The Kier molecular flexibility index (Phi) is 1.65. The Morgan fingerprint density at radius 3 is 2.92 bits per heavy atom. The van der Waals surface area contributed by atoms with Crippen molar-refractivity contribution < 1.29 is 9.53 Å². The molecule has 13 heavy (non-hydrogen) atoms. The van der Waals surface area contributed by atoms with Gasteiger partial charge in [-0.3, -0.25) is 4.99 Å². The van der Waals surface area contributed by atoms with Crippen LogP contribution in [0.4, 0.5) is 4.79 Å². The van der Waals surface area contributed by atoms with Gasteiger partial charge in [-0.2, -0.15) is 0 Å². The lowest BCUT2D eigenvalue weighted by Crippen LogP contribution is -2.34. The maximum atomic E-state index is 11.3. The van der Waals surface area contributed by atoms with E-state index in [1.165, 1.54) is 0 Å². The number of amides is 1. The average Bonchev–Trinajstić information content (AvgIpc) is 2.44. The molecule has 1 atom stereocenters. The number of hydrogen-bond donors (Lipinski definition) is 0. The minimum absolute atomic E-state index is 0.167. The second kappa shape index (κ2) is 2.58. The standard InChI is InChI=1S/C9H12N2O2/c1-5-6(2)10-7(3)11-8(5)4-13-9(11)12/h6H,4H2,1-3H3/t6-/m1/s1. The normalized spacial score (nSPS) is 27.3. The highest BCUT2D eigenvalue weighted by molar-refractivity contribution is 5.98. The van der Waals surface area contributed by atoms with Crippen LogP contribution in [0.2, 0.25) is 0 Å². The summed E-state index contributed by atoms with van der Waals surface area (Å²) in [5.41, 5.74) is 2.08. The van der Waals surface area contributed by atoms with Crippen LogP contribution < -0.4 is 0 Å². The number of carbonyl (C=O) groups is 1. The molecule has 0 saturated carbocycles. The molecule has 1 amide bonds. The number of aliphatic imine (C=N–C) groups is 1. The third kappa shape index (κ3) is 1.05. The predicted octanol–water partition coefficient (Wildman–Crippen LogP) is 1.53. The van der Waals surface area contributed by atoms with Crippen LogP contribution in [0.15, 0.2) is 16.3 Å². The number of nitrogens with zero attached hydrogens (tertiary/aromatic N) is 2. The summed E-state index contributed by atoms with van der Waals surface area (Å²) < 4.78 is 4.94. The second-order valence-electron chi connectivity index (χ2n) is 3.37. The van der Waals surface area contributed by atoms with E-state index in [-0.39, 0.29) is 12.1 Å². The predicted molar refractivity (Wildman–Crippen MR) is 48.5 cm³/mol. The highest BCUT2D eigenvalue weighted by Crippen LogP contribution is 2.27. The summed E-state index contributed by atoms with van der Waals surface area (Å²) in [7, 11) is 0. The third-order valence-corrected chi connectivity index (χ3v) is 2.57. The monoisotopic (exact) mass is 180 g/mol. The Morgan fingerprint density at radius 2 is 2.23 bits per heavy atom. The van der Waals surface area contributed by atoms with Crippen LogP contribution in [-0.4, -0.2) is 29.5 Å². The average molecular weight is 180 g/mol. The van der Waals surface area contributed by atoms with Gasteiger partial charge in [-0.25, -0.2) is 9.69 Å². The van der Waals surface area contributed by atoms with Crippen LogP contribution in [0, 0.1) is 0 Å². The van der Waals surface area contributed by atoms with E-state index >= 15 is 0 Å². The number of hydrogen-bond acceptors (Lipinski definition) is 3. The van der Waals surface area contributed by atoms with Gasteiger partial charge in [0.25, 0.3) is 0 Å². The van der Waals surface area contributed by atoms with Crippen LogP contribution in [0.3, 0.4) is 0 Å². The van der Waals surface area contributed by atoms with Crippen LogP contribution in [0.5, 0.6) is 0 Å². The molecule has 2 aliphatic heterocycles. The molecule has 2 aliphatic rings. The highest BCUT2D eigenvalue weighted by atomic mass is 16.6. The summed E-state index contributed by atoms with van der Waals surface area (Å²) in [6.45, 7) is 6.23. The summed E-state index contributed by atoms with van der Waals surface area (Å²) in [5, 5.41) is 0. The molecule has 2 rings (SSSR count). The zero-order valence-electron chi connectivity index (χ0n) is 8.00. The SMILES string of the molecule is CC1=N[C@H](C)C(C)=C2COC(=O)N12. The fourth-order valence-corrected chi connectivity index (χ4v) is 1.66. The number of cyclic esters (lactones) is 1. The number of ether oxygens (including phenoxy) is 1. The summed E-state index contributed by atoms with van der Waals surface area (Å²) in [4.78, 5) is 17.2. The minimum atomic E-state index is -0.303. The lowest BCUT2D eigenvalue weighted by molar-refractivity contribution is 0.168. The molecule has 0 aromatic rings. The molecule has 0 radical (unpaired) electrons. The van der Waals surface area contributed by atoms with Gasteiger partial charge in [0.05, 0.1) is 11.7 Å². The first-order valence-electron chi connectivity index (χ1n) is 4.32. The van der Waals surface area contributed by atoms with Gasteiger partial charge in [0, 0.05) is 0 Å². The molecule has 4 nitrogen and oxygen atoms in total. The maximum Gasteiger partial charge on any atom is 0.420 e. The van der Waals surface area contributed by atoms with E-state index in [1.807, 2.05) is 20.8 Å². The van der Waals surface area contributed by atoms with Crippen molar-refractivity contribution in [3.8, 4) is 0 Å². The summed E-state index contributed by atoms with van der Waals surface area (Å²) >= 11 is 0. The van der Waals surface area contributed by atoms with Crippen LogP contribution >= 0.6 is 0 Å². The first-order chi connectivity index (χ1) is 6.11. The first-order valence-corrected chi connectivity index (χ1v) is 4.32. The van der Waals surface area contributed by atoms with Crippen molar-refractivity contribution in [2.45, 2.75) is 26.8 Å². The van der Waals surface area contributed by atoms with Gasteiger partial charge in [-0.15, -0.1) is 0 Å². The van der Waals surface area contributed by atoms with Crippen LogP contribution in [-0.2, 0) is 4.74 Å². The van der Waals surface area contributed by atoms with Crippen LogP contribution in [0.25, 0.3) is 0 Å². The molecule has 0 bridgehead atoms. The quantitative estimate of drug-likeness (QED) is 0.567. The molecule has 0 N–H and O–H groups in total. The summed E-state index contributed by atoms with van der Waals surface area (Å²) in [6.07, 6.45) is -0.303. The topological polar surface area (TPSA) is 41.9 Å². The fraction of sp³-hybridized carbons (Fsp3) is 0.556. The molecule has 1 fully saturated rings. The molecule has 0 aromatic carbocycles. The van der Waals surface area contributed by atoms with Crippen LogP contribution in [0.1, 0.15) is 20.8 Å². The smallest absolute Gasteiger partial charge is 0.420 e. The Labute approximate surface area is 76.9 Å². The van der Waals surface area contributed by atoms with Crippen molar-refractivity contribution >= 4 is 11.9 Å². The zero-order valence-corrected chi connectivity index (χ0v) is 8.00. The zero-order chi connectivity index (χ0) is 9.59.